The summed E-state index contributed by atoms with van der Waals surface area (Å²) in [5, 5.41) is 11.1. The molecule has 0 saturated heterocycles. The first kappa shape index (κ1) is 12.7. The molecule has 0 spiro atoms. The topological polar surface area (TPSA) is 79.2 Å². The van der Waals surface area contributed by atoms with Crippen LogP contribution in [0, 0.1) is 10.1 Å². The Bertz CT molecular complexity index is 391. The Labute approximate surface area is 101 Å². The number of nitro groups is 1. The number of alkyl halides is 1. The van der Waals surface area contributed by atoms with Gasteiger partial charge in [-0.2, -0.15) is 0 Å². The molecule has 0 aliphatic carbocycles. The Balaban J connectivity index is 2.82. The van der Waals surface area contributed by atoms with Crippen molar-refractivity contribution in [2.45, 2.75) is 6.92 Å². The molecule has 16 heavy (non-hydrogen) atoms. The van der Waals surface area contributed by atoms with Crippen molar-refractivity contribution in [1.29, 1.82) is 0 Å². The van der Waals surface area contributed by atoms with E-state index in [9.17, 15) is 14.9 Å². The van der Waals surface area contributed by atoms with Crippen molar-refractivity contribution in [3.63, 3.8) is 0 Å². The fourth-order valence-electron chi connectivity index (χ4n) is 1.29. The normalized spacial score (nSPS) is 10.1. The SMILES string of the molecule is CCN(CCBr)C(=O)c1ccc([N+](=O)[O-])[nH]1. The highest BCUT2D eigenvalue weighted by atomic mass is 79.9. The molecule has 0 saturated carbocycles. The molecule has 1 rings (SSSR count). The lowest BCUT2D eigenvalue weighted by Crippen LogP contribution is -2.32. The van der Waals surface area contributed by atoms with Gasteiger partial charge in [0.2, 0.25) is 0 Å². The summed E-state index contributed by atoms with van der Waals surface area (Å²) in [5.41, 5.74) is 0.245. The van der Waals surface area contributed by atoms with Crippen LogP contribution in [0.25, 0.3) is 0 Å². The lowest BCUT2D eigenvalue weighted by molar-refractivity contribution is -0.389. The van der Waals surface area contributed by atoms with Crippen LogP contribution in [0.2, 0.25) is 0 Å². The predicted molar refractivity (Wildman–Crippen MR) is 62.8 cm³/mol. The van der Waals surface area contributed by atoms with Crippen molar-refractivity contribution in [2.75, 3.05) is 18.4 Å². The van der Waals surface area contributed by atoms with Gasteiger partial charge in [0.1, 0.15) is 0 Å². The average molecular weight is 290 g/mol. The van der Waals surface area contributed by atoms with Gasteiger partial charge in [-0.05, 0) is 17.9 Å². The van der Waals surface area contributed by atoms with Crippen LogP contribution in [0.3, 0.4) is 0 Å². The fraction of sp³-hybridized carbons (Fsp3) is 0.444. The largest absolute Gasteiger partial charge is 0.358 e. The first-order valence-electron chi connectivity index (χ1n) is 4.78. The van der Waals surface area contributed by atoms with E-state index in [0.717, 1.165) is 0 Å². The van der Waals surface area contributed by atoms with Gasteiger partial charge < -0.3 is 15.0 Å². The van der Waals surface area contributed by atoms with Crippen molar-refractivity contribution < 1.29 is 9.72 Å². The van der Waals surface area contributed by atoms with Gasteiger partial charge in [0.15, 0.2) is 5.69 Å². The van der Waals surface area contributed by atoms with Gasteiger partial charge in [-0.25, -0.2) is 4.98 Å². The number of aromatic nitrogens is 1. The van der Waals surface area contributed by atoms with E-state index >= 15 is 0 Å². The highest BCUT2D eigenvalue weighted by Crippen LogP contribution is 2.12. The number of nitrogens with one attached hydrogen (secondary N) is 1. The maximum Gasteiger partial charge on any atom is 0.321 e. The first-order chi connectivity index (χ1) is 7.60. The number of carbonyl (C=O) groups is 1. The lowest BCUT2D eigenvalue weighted by atomic mass is 10.3. The van der Waals surface area contributed by atoms with E-state index < -0.39 is 4.92 Å². The van der Waals surface area contributed by atoms with Crippen LogP contribution in [0.15, 0.2) is 12.1 Å². The molecule has 0 unspecified atom stereocenters. The zero-order valence-electron chi connectivity index (χ0n) is 8.77. The van der Waals surface area contributed by atoms with Crippen LogP contribution in [-0.4, -0.2) is 39.1 Å². The van der Waals surface area contributed by atoms with Crippen molar-refractivity contribution in [1.82, 2.24) is 9.88 Å². The lowest BCUT2D eigenvalue weighted by Gasteiger charge is -2.17. The molecule has 0 atom stereocenters. The minimum absolute atomic E-state index is 0.168. The second-order valence-corrected chi connectivity index (χ2v) is 3.88. The average Bonchev–Trinajstić information content (AvgIpc) is 2.74. The third kappa shape index (κ3) is 2.82. The smallest absolute Gasteiger partial charge is 0.321 e. The molecule has 1 heterocycles. The van der Waals surface area contributed by atoms with Crippen LogP contribution < -0.4 is 0 Å². The van der Waals surface area contributed by atoms with Crippen LogP contribution in [0.5, 0.6) is 0 Å². The molecular formula is C9H12BrN3O3. The summed E-state index contributed by atoms with van der Waals surface area (Å²) in [6.07, 6.45) is 0. The Hall–Kier alpha value is -1.37. The van der Waals surface area contributed by atoms with Gasteiger partial charge in [-0.15, -0.1) is 0 Å². The summed E-state index contributed by atoms with van der Waals surface area (Å²) < 4.78 is 0. The summed E-state index contributed by atoms with van der Waals surface area (Å²) >= 11 is 3.25. The molecule has 6 nitrogen and oxygen atoms in total. The first-order valence-corrected chi connectivity index (χ1v) is 5.91. The molecule has 88 valence electrons. The molecule has 7 heteroatoms. The van der Waals surface area contributed by atoms with E-state index in [2.05, 4.69) is 20.9 Å². The molecule has 0 aromatic carbocycles. The molecule has 0 aliphatic heterocycles. The molecule has 1 N–H and O–H groups in total. The Morgan fingerprint density at radius 1 is 1.62 bits per heavy atom. The zero-order chi connectivity index (χ0) is 12.1. The van der Waals surface area contributed by atoms with Gasteiger partial charge >= 0.3 is 5.82 Å². The highest BCUT2D eigenvalue weighted by Gasteiger charge is 2.19. The van der Waals surface area contributed by atoms with Crippen LogP contribution in [0.1, 0.15) is 17.4 Å². The van der Waals surface area contributed by atoms with Gasteiger partial charge in [0.25, 0.3) is 5.91 Å². The summed E-state index contributed by atoms with van der Waals surface area (Å²) in [4.78, 5) is 25.8. The number of halogens is 1. The number of hydrogen-bond acceptors (Lipinski definition) is 3. The minimum atomic E-state index is -0.558. The summed E-state index contributed by atoms with van der Waals surface area (Å²) in [7, 11) is 0. The summed E-state index contributed by atoms with van der Waals surface area (Å²) in [6, 6.07) is 2.71. The van der Waals surface area contributed by atoms with Gasteiger partial charge in [0, 0.05) is 24.5 Å². The zero-order valence-corrected chi connectivity index (χ0v) is 10.4. The number of hydrogen-bond donors (Lipinski definition) is 1. The van der Waals surface area contributed by atoms with Gasteiger partial charge in [-0.3, -0.25) is 4.79 Å². The predicted octanol–water partition coefficient (Wildman–Crippen LogP) is 1.78. The molecule has 0 radical (unpaired) electrons. The summed E-state index contributed by atoms with van der Waals surface area (Å²) in [6.45, 7) is 3.00. The molecule has 1 aromatic heterocycles. The van der Waals surface area contributed by atoms with Crippen LogP contribution in [0.4, 0.5) is 5.82 Å². The number of aromatic amines is 1. The van der Waals surface area contributed by atoms with E-state index in [0.29, 0.717) is 18.4 Å². The Morgan fingerprint density at radius 2 is 2.31 bits per heavy atom. The van der Waals surface area contributed by atoms with Crippen molar-refractivity contribution in [3.05, 3.63) is 27.9 Å². The Kier molecular flexibility index (Phi) is 4.48. The molecule has 0 aliphatic rings. The third-order valence-electron chi connectivity index (χ3n) is 2.12. The van der Waals surface area contributed by atoms with E-state index in [4.69, 9.17) is 0 Å². The number of nitrogens with zero attached hydrogens (tertiary/aromatic N) is 2. The van der Waals surface area contributed by atoms with Gasteiger partial charge in [-0.1, -0.05) is 15.9 Å². The van der Waals surface area contributed by atoms with E-state index in [1.54, 1.807) is 4.90 Å². The van der Waals surface area contributed by atoms with E-state index in [1.807, 2.05) is 6.92 Å². The second-order valence-electron chi connectivity index (χ2n) is 3.09. The number of rotatable bonds is 5. The molecule has 1 aromatic rings. The Morgan fingerprint density at radius 3 is 2.75 bits per heavy atom. The molecule has 0 bridgehead atoms. The van der Waals surface area contributed by atoms with E-state index in [1.165, 1.54) is 12.1 Å². The fourth-order valence-corrected chi connectivity index (χ4v) is 1.72. The van der Waals surface area contributed by atoms with Crippen molar-refractivity contribution >= 4 is 27.7 Å². The number of H-pyrrole nitrogens is 1. The highest BCUT2D eigenvalue weighted by molar-refractivity contribution is 9.09. The monoisotopic (exact) mass is 289 g/mol. The molecular weight excluding hydrogens is 278 g/mol. The van der Waals surface area contributed by atoms with Crippen molar-refractivity contribution in [2.24, 2.45) is 0 Å². The standard InChI is InChI=1S/C9H12BrN3O3/c1-2-12(6-5-10)9(14)7-3-4-8(11-7)13(15)16/h3-4,11H,2,5-6H2,1H3. The maximum absolute atomic E-state index is 11.9. The maximum atomic E-state index is 11.9. The van der Waals surface area contributed by atoms with Gasteiger partial charge in [0.05, 0.1) is 0 Å². The molecule has 1 amide bonds. The van der Waals surface area contributed by atoms with E-state index in [-0.39, 0.29) is 17.4 Å². The van der Waals surface area contributed by atoms with Crippen molar-refractivity contribution in [3.8, 4) is 0 Å². The number of carbonyl (C=O) groups excluding carboxylic acids is 1. The quantitative estimate of drug-likeness (QED) is 0.510. The van der Waals surface area contributed by atoms with Crippen LogP contribution in [-0.2, 0) is 0 Å². The third-order valence-corrected chi connectivity index (χ3v) is 2.48. The number of amides is 1. The second kappa shape index (κ2) is 5.64. The minimum Gasteiger partial charge on any atom is -0.358 e. The molecule has 0 fully saturated rings. The summed E-state index contributed by atoms with van der Waals surface area (Å²) in [5.74, 6) is -0.395. The van der Waals surface area contributed by atoms with Crippen LogP contribution >= 0.6 is 15.9 Å².